The Balaban J connectivity index is 1.51. The van der Waals surface area contributed by atoms with Gasteiger partial charge < -0.3 is 8.85 Å². The van der Waals surface area contributed by atoms with Crippen molar-refractivity contribution in [3.05, 3.63) is 0 Å². The van der Waals surface area contributed by atoms with Crippen molar-refractivity contribution in [3.63, 3.8) is 0 Å². The van der Waals surface area contributed by atoms with Crippen LogP contribution in [0.2, 0.25) is 39.3 Å². The molecular formula is C25H46O3Si2. The molecule has 0 spiro atoms. The van der Waals surface area contributed by atoms with Crippen molar-refractivity contribution in [1.82, 2.24) is 0 Å². The Morgan fingerprint density at radius 2 is 1.47 bits per heavy atom. The molecule has 0 aliphatic heterocycles. The van der Waals surface area contributed by atoms with Crippen molar-refractivity contribution in [2.45, 2.75) is 117 Å². The van der Waals surface area contributed by atoms with Crippen LogP contribution in [-0.4, -0.2) is 34.6 Å². The van der Waals surface area contributed by atoms with E-state index in [4.69, 9.17) is 8.85 Å². The smallest absolute Gasteiger partial charge is 0.184 e. The van der Waals surface area contributed by atoms with E-state index in [2.05, 4.69) is 53.1 Å². The van der Waals surface area contributed by atoms with Crippen molar-refractivity contribution < 1.29 is 13.6 Å². The van der Waals surface area contributed by atoms with E-state index in [-0.39, 0.29) is 11.5 Å². The lowest BCUT2D eigenvalue weighted by Crippen LogP contribution is -2.54. The SMILES string of the molecule is C[C@]12CCC3C(CC[C@H]4C[C@H](O[Si](C)(C)C)CC[C@]34C)C1C[C@@H](O[Si](C)(C)C)C2=O. The molecule has 0 radical (unpaired) electrons. The van der Waals surface area contributed by atoms with Gasteiger partial charge in [-0.2, -0.15) is 0 Å². The molecule has 0 heterocycles. The van der Waals surface area contributed by atoms with Crippen LogP contribution in [0.15, 0.2) is 0 Å². The number of carbonyl (C=O) groups is 1. The number of fused-ring (bicyclic) bond motifs is 5. The zero-order valence-corrected chi connectivity index (χ0v) is 22.8. The fourth-order valence-corrected chi connectivity index (χ4v) is 10.4. The first-order valence-electron chi connectivity index (χ1n) is 12.6. The number of carbonyl (C=O) groups excluding carboxylic acids is 1. The third kappa shape index (κ3) is 4.06. The van der Waals surface area contributed by atoms with E-state index in [9.17, 15) is 4.79 Å². The maximum atomic E-state index is 13.4. The summed E-state index contributed by atoms with van der Waals surface area (Å²) < 4.78 is 13.0. The summed E-state index contributed by atoms with van der Waals surface area (Å²) >= 11 is 0. The number of hydrogen-bond acceptors (Lipinski definition) is 3. The highest BCUT2D eigenvalue weighted by atomic mass is 28.4. The molecule has 0 aromatic carbocycles. The van der Waals surface area contributed by atoms with Gasteiger partial charge in [0.1, 0.15) is 6.10 Å². The Morgan fingerprint density at radius 3 is 2.10 bits per heavy atom. The molecule has 8 atom stereocenters. The molecule has 172 valence electrons. The van der Waals surface area contributed by atoms with Gasteiger partial charge in [0.25, 0.3) is 0 Å². The Labute approximate surface area is 187 Å². The minimum atomic E-state index is -1.71. The molecule has 4 aliphatic carbocycles. The molecule has 3 unspecified atom stereocenters. The van der Waals surface area contributed by atoms with Crippen molar-refractivity contribution in [1.29, 1.82) is 0 Å². The van der Waals surface area contributed by atoms with E-state index >= 15 is 0 Å². The molecule has 4 fully saturated rings. The van der Waals surface area contributed by atoms with E-state index in [1.165, 1.54) is 38.5 Å². The van der Waals surface area contributed by atoms with E-state index in [1.807, 2.05) is 0 Å². The van der Waals surface area contributed by atoms with Crippen LogP contribution in [0.1, 0.15) is 65.2 Å². The molecule has 4 rings (SSSR count). The third-order valence-corrected chi connectivity index (χ3v) is 11.4. The van der Waals surface area contributed by atoms with Gasteiger partial charge in [0.15, 0.2) is 22.4 Å². The molecule has 4 saturated carbocycles. The van der Waals surface area contributed by atoms with Gasteiger partial charge in [0, 0.05) is 11.5 Å². The fraction of sp³-hybridized carbons (Fsp3) is 0.960. The van der Waals surface area contributed by atoms with Gasteiger partial charge in [0.2, 0.25) is 0 Å². The van der Waals surface area contributed by atoms with Crippen LogP contribution in [0.4, 0.5) is 0 Å². The molecule has 3 nitrogen and oxygen atoms in total. The lowest BCUT2D eigenvalue weighted by molar-refractivity contribution is -0.143. The quantitative estimate of drug-likeness (QED) is 0.450. The summed E-state index contributed by atoms with van der Waals surface area (Å²) in [5.41, 5.74) is 0.317. The Hall–Kier alpha value is 0.0238. The highest BCUT2D eigenvalue weighted by Gasteiger charge is 2.62. The Bertz CT molecular complexity index is 681. The lowest BCUT2D eigenvalue weighted by Gasteiger charge is -2.60. The first-order valence-corrected chi connectivity index (χ1v) is 19.4. The average Bonchev–Trinajstić information content (AvgIpc) is 2.84. The van der Waals surface area contributed by atoms with Crippen molar-refractivity contribution in [3.8, 4) is 0 Å². The standard InChI is InChI=1S/C25H46O3Si2/c1-24-13-11-18(27-29(3,4)5)15-17(24)9-10-19-20(24)12-14-25(2)21(19)16-22(23(25)26)28-30(6,7)8/h17-22H,9-16H2,1-8H3/t17-,18+,19?,20?,21?,22+,24-,25-/m0/s1. The lowest BCUT2D eigenvalue weighted by atomic mass is 9.45. The maximum absolute atomic E-state index is 13.4. The Kier molecular flexibility index (Phi) is 5.82. The van der Waals surface area contributed by atoms with Gasteiger partial charge in [-0.3, -0.25) is 4.79 Å². The monoisotopic (exact) mass is 450 g/mol. The number of hydrogen-bond donors (Lipinski definition) is 0. The molecule has 5 heteroatoms. The first-order chi connectivity index (χ1) is 13.7. The third-order valence-electron chi connectivity index (χ3n) is 9.35. The summed E-state index contributed by atoms with van der Waals surface area (Å²) in [4.78, 5) is 13.4. The summed E-state index contributed by atoms with van der Waals surface area (Å²) in [5, 5.41) is 0. The maximum Gasteiger partial charge on any atom is 0.184 e. The highest BCUT2D eigenvalue weighted by Crippen LogP contribution is 2.65. The normalized spacial score (nSPS) is 46.9. The summed E-state index contributed by atoms with van der Waals surface area (Å²) in [6.45, 7) is 18.6. The fourth-order valence-electron chi connectivity index (χ4n) is 8.12. The van der Waals surface area contributed by atoms with E-state index in [0.717, 1.165) is 30.6 Å². The van der Waals surface area contributed by atoms with Crippen LogP contribution in [0.5, 0.6) is 0 Å². The summed E-state index contributed by atoms with van der Waals surface area (Å²) in [7, 11) is -3.18. The summed E-state index contributed by atoms with van der Waals surface area (Å²) in [6, 6.07) is 0. The number of ketones is 1. The van der Waals surface area contributed by atoms with Crippen LogP contribution in [-0.2, 0) is 13.6 Å². The second-order valence-electron chi connectivity index (χ2n) is 13.6. The van der Waals surface area contributed by atoms with Crippen molar-refractivity contribution >= 4 is 22.4 Å². The molecular weight excluding hydrogens is 404 g/mol. The van der Waals surface area contributed by atoms with Gasteiger partial charge in [-0.25, -0.2) is 0 Å². The van der Waals surface area contributed by atoms with E-state index < -0.39 is 16.6 Å². The molecule has 0 saturated heterocycles. The van der Waals surface area contributed by atoms with Gasteiger partial charge >= 0.3 is 0 Å². The van der Waals surface area contributed by atoms with Crippen LogP contribution in [0.3, 0.4) is 0 Å². The van der Waals surface area contributed by atoms with Gasteiger partial charge in [-0.1, -0.05) is 13.8 Å². The minimum absolute atomic E-state index is 0.128. The van der Waals surface area contributed by atoms with Crippen LogP contribution in [0, 0.1) is 34.5 Å². The Morgan fingerprint density at radius 1 is 0.800 bits per heavy atom. The molecule has 0 aromatic rings. The molecule has 0 amide bonds. The highest BCUT2D eigenvalue weighted by molar-refractivity contribution is 6.70. The zero-order chi connectivity index (χ0) is 22.1. The van der Waals surface area contributed by atoms with Crippen LogP contribution in [0.25, 0.3) is 0 Å². The molecule has 30 heavy (non-hydrogen) atoms. The van der Waals surface area contributed by atoms with Gasteiger partial charge in [0.05, 0.1) is 0 Å². The zero-order valence-electron chi connectivity index (χ0n) is 20.8. The van der Waals surface area contributed by atoms with Gasteiger partial charge in [-0.05, 0) is 120 Å². The van der Waals surface area contributed by atoms with E-state index in [1.54, 1.807) is 0 Å². The molecule has 0 N–H and O–H groups in total. The average molecular weight is 451 g/mol. The van der Waals surface area contributed by atoms with Gasteiger partial charge in [-0.15, -0.1) is 0 Å². The van der Waals surface area contributed by atoms with Crippen molar-refractivity contribution in [2.75, 3.05) is 0 Å². The van der Waals surface area contributed by atoms with Crippen molar-refractivity contribution in [2.24, 2.45) is 34.5 Å². The van der Waals surface area contributed by atoms with Crippen LogP contribution < -0.4 is 0 Å². The molecule has 0 bridgehead atoms. The minimum Gasteiger partial charge on any atom is -0.415 e. The predicted molar refractivity (Wildman–Crippen MR) is 129 cm³/mol. The largest absolute Gasteiger partial charge is 0.415 e. The van der Waals surface area contributed by atoms with Crippen LogP contribution >= 0.6 is 0 Å². The first kappa shape index (κ1) is 23.2. The summed E-state index contributed by atoms with van der Waals surface area (Å²) in [5.74, 6) is 3.30. The second kappa shape index (κ2) is 7.53. The number of rotatable bonds is 4. The topological polar surface area (TPSA) is 35.5 Å². The van der Waals surface area contributed by atoms with E-state index in [0.29, 0.717) is 23.2 Å². The molecule has 4 aliphatic rings. The summed E-state index contributed by atoms with van der Waals surface area (Å²) in [6.07, 6.45) is 10.2. The number of Topliss-reactive ketones (excluding diaryl/α,β-unsaturated/α-hetero) is 1. The second-order valence-corrected chi connectivity index (χ2v) is 22.5. The molecule has 0 aromatic heterocycles. The predicted octanol–water partition coefficient (Wildman–Crippen LogP) is 6.65.